The van der Waals surface area contributed by atoms with Crippen LogP contribution in [-0.4, -0.2) is 39.2 Å². The Labute approximate surface area is 145 Å². The van der Waals surface area contributed by atoms with Crippen molar-refractivity contribution >= 4 is 11.7 Å². The molecule has 0 aliphatic carbocycles. The number of hydrogen-bond donors (Lipinski definition) is 2. The molecule has 3 rings (SSSR count). The van der Waals surface area contributed by atoms with Crippen molar-refractivity contribution in [1.29, 1.82) is 0 Å². The second-order valence-corrected chi connectivity index (χ2v) is 6.34. The predicted octanol–water partition coefficient (Wildman–Crippen LogP) is 1.46. The van der Waals surface area contributed by atoms with Crippen LogP contribution in [0.1, 0.15) is 60.9 Å². The Morgan fingerprint density at radius 3 is 2.64 bits per heavy atom. The number of anilines is 1. The van der Waals surface area contributed by atoms with Crippen LogP contribution >= 0.6 is 0 Å². The van der Waals surface area contributed by atoms with Crippen molar-refractivity contribution in [3.63, 3.8) is 0 Å². The number of ether oxygens (including phenoxy) is 1. The van der Waals surface area contributed by atoms with E-state index in [9.17, 15) is 4.79 Å². The Hall–Kier alpha value is -2.55. The molecule has 25 heavy (non-hydrogen) atoms. The van der Waals surface area contributed by atoms with Gasteiger partial charge in [-0.25, -0.2) is 9.97 Å². The molecule has 1 amide bonds. The standard InChI is InChI=1S/C16H22N6O3/c1-9(2)14-21-16(25-22-14)11(10-3-7-24-8-4-10)20-15(23)12-13(17)19-6-5-18-12/h5-6,9-11H,3-4,7-8H2,1-2H3,(H2,17,19)(H,20,23)/t11-/m1/s1. The number of nitrogens with two attached hydrogens (primary N) is 1. The van der Waals surface area contributed by atoms with E-state index in [0.29, 0.717) is 24.9 Å². The Bertz CT molecular complexity index is 726. The summed E-state index contributed by atoms with van der Waals surface area (Å²) >= 11 is 0. The molecule has 0 spiro atoms. The summed E-state index contributed by atoms with van der Waals surface area (Å²) in [5.41, 5.74) is 5.84. The van der Waals surface area contributed by atoms with Crippen LogP contribution in [0.2, 0.25) is 0 Å². The van der Waals surface area contributed by atoms with Crippen LogP contribution in [0.3, 0.4) is 0 Å². The second-order valence-electron chi connectivity index (χ2n) is 6.34. The normalized spacial score (nSPS) is 16.8. The minimum atomic E-state index is -0.419. The van der Waals surface area contributed by atoms with E-state index in [0.717, 1.165) is 12.8 Å². The van der Waals surface area contributed by atoms with Crippen molar-refractivity contribution in [2.75, 3.05) is 18.9 Å². The van der Waals surface area contributed by atoms with Crippen LogP contribution in [0.25, 0.3) is 0 Å². The Morgan fingerprint density at radius 2 is 2.00 bits per heavy atom. The second kappa shape index (κ2) is 7.56. The topological polar surface area (TPSA) is 129 Å². The number of nitrogens with one attached hydrogen (secondary N) is 1. The molecule has 3 heterocycles. The SMILES string of the molecule is CC(C)c1noc([C@H](NC(=O)c2nccnc2N)C2CCOCC2)n1. The molecular weight excluding hydrogens is 324 g/mol. The number of hydrogen-bond acceptors (Lipinski definition) is 8. The van der Waals surface area contributed by atoms with Gasteiger partial charge in [-0.05, 0) is 18.8 Å². The van der Waals surface area contributed by atoms with Gasteiger partial charge in [0.25, 0.3) is 5.91 Å². The third kappa shape index (κ3) is 3.93. The van der Waals surface area contributed by atoms with Gasteiger partial charge in [-0.3, -0.25) is 4.79 Å². The van der Waals surface area contributed by atoms with E-state index < -0.39 is 11.9 Å². The summed E-state index contributed by atoms with van der Waals surface area (Å²) in [6.45, 7) is 5.23. The molecule has 0 bridgehead atoms. The molecule has 1 saturated heterocycles. The van der Waals surface area contributed by atoms with E-state index in [1.807, 2.05) is 13.8 Å². The summed E-state index contributed by atoms with van der Waals surface area (Å²) in [7, 11) is 0. The van der Waals surface area contributed by atoms with E-state index >= 15 is 0 Å². The average molecular weight is 346 g/mol. The summed E-state index contributed by atoms with van der Waals surface area (Å²) in [4.78, 5) is 25.0. The number of aromatic nitrogens is 4. The first-order chi connectivity index (χ1) is 12.1. The van der Waals surface area contributed by atoms with Gasteiger partial charge in [-0.1, -0.05) is 19.0 Å². The summed E-state index contributed by atoms with van der Waals surface area (Å²) in [5, 5.41) is 6.95. The predicted molar refractivity (Wildman–Crippen MR) is 88.6 cm³/mol. The molecular formula is C16H22N6O3. The Morgan fingerprint density at radius 1 is 1.28 bits per heavy atom. The van der Waals surface area contributed by atoms with E-state index in [1.165, 1.54) is 12.4 Å². The highest BCUT2D eigenvalue weighted by Crippen LogP contribution is 2.30. The van der Waals surface area contributed by atoms with Crippen molar-refractivity contribution in [3.8, 4) is 0 Å². The van der Waals surface area contributed by atoms with Gasteiger partial charge in [0, 0.05) is 31.5 Å². The van der Waals surface area contributed by atoms with Crippen molar-refractivity contribution in [2.45, 2.75) is 38.6 Å². The number of amides is 1. The first-order valence-electron chi connectivity index (χ1n) is 8.35. The Balaban J connectivity index is 1.85. The number of carbonyl (C=O) groups excluding carboxylic acids is 1. The maximum Gasteiger partial charge on any atom is 0.274 e. The van der Waals surface area contributed by atoms with Crippen molar-refractivity contribution in [2.24, 2.45) is 5.92 Å². The molecule has 9 heteroatoms. The number of carbonyl (C=O) groups is 1. The van der Waals surface area contributed by atoms with Crippen LogP contribution in [0.4, 0.5) is 5.82 Å². The molecule has 1 aliphatic rings. The first-order valence-corrected chi connectivity index (χ1v) is 8.35. The molecule has 0 saturated carbocycles. The van der Waals surface area contributed by atoms with Crippen molar-refractivity contribution < 1.29 is 14.1 Å². The van der Waals surface area contributed by atoms with Crippen LogP contribution in [0, 0.1) is 5.92 Å². The monoisotopic (exact) mass is 346 g/mol. The van der Waals surface area contributed by atoms with Crippen LogP contribution in [-0.2, 0) is 4.74 Å². The van der Waals surface area contributed by atoms with Crippen molar-refractivity contribution in [3.05, 3.63) is 29.8 Å². The Kier molecular flexibility index (Phi) is 5.22. The lowest BCUT2D eigenvalue weighted by molar-refractivity contribution is 0.0467. The zero-order valence-electron chi connectivity index (χ0n) is 14.3. The molecule has 2 aromatic heterocycles. The van der Waals surface area contributed by atoms with Gasteiger partial charge in [0.05, 0.1) is 0 Å². The number of rotatable bonds is 5. The van der Waals surface area contributed by atoms with Gasteiger partial charge in [-0.2, -0.15) is 4.98 Å². The fourth-order valence-corrected chi connectivity index (χ4v) is 2.77. The maximum atomic E-state index is 12.6. The minimum Gasteiger partial charge on any atom is -0.382 e. The molecule has 1 atom stereocenters. The summed E-state index contributed by atoms with van der Waals surface area (Å²) in [6.07, 6.45) is 4.45. The van der Waals surface area contributed by atoms with Gasteiger partial charge in [0.15, 0.2) is 17.3 Å². The third-order valence-corrected chi connectivity index (χ3v) is 4.21. The van der Waals surface area contributed by atoms with Crippen LogP contribution in [0.5, 0.6) is 0 Å². The molecule has 9 nitrogen and oxygen atoms in total. The molecule has 134 valence electrons. The van der Waals surface area contributed by atoms with E-state index in [2.05, 4.69) is 25.4 Å². The van der Waals surface area contributed by atoms with Gasteiger partial charge >= 0.3 is 0 Å². The zero-order valence-corrected chi connectivity index (χ0v) is 14.3. The summed E-state index contributed by atoms with van der Waals surface area (Å²) in [6, 6.07) is -0.419. The fourth-order valence-electron chi connectivity index (χ4n) is 2.77. The molecule has 1 fully saturated rings. The van der Waals surface area contributed by atoms with Gasteiger partial charge < -0.3 is 20.3 Å². The van der Waals surface area contributed by atoms with E-state index in [1.54, 1.807) is 0 Å². The fraction of sp³-hybridized carbons (Fsp3) is 0.562. The first kappa shape index (κ1) is 17.3. The quantitative estimate of drug-likeness (QED) is 0.832. The molecule has 1 aliphatic heterocycles. The lowest BCUT2D eigenvalue weighted by atomic mass is 9.91. The number of nitrogen functional groups attached to an aromatic ring is 1. The van der Waals surface area contributed by atoms with E-state index in [-0.39, 0.29) is 23.3 Å². The summed E-state index contributed by atoms with van der Waals surface area (Å²) in [5.74, 6) is 0.951. The third-order valence-electron chi connectivity index (χ3n) is 4.21. The summed E-state index contributed by atoms with van der Waals surface area (Å²) < 4.78 is 10.8. The smallest absolute Gasteiger partial charge is 0.274 e. The highest BCUT2D eigenvalue weighted by Gasteiger charge is 2.32. The van der Waals surface area contributed by atoms with Gasteiger partial charge in [-0.15, -0.1) is 0 Å². The lowest BCUT2D eigenvalue weighted by Crippen LogP contribution is -2.37. The van der Waals surface area contributed by atoms with Crippen LogP contribution in [0.15, 0.2) is 16.9 Å². The van der Waals surface area contributed by atoms with Crippen LogP contribution < -0.4 is 11.1 Å². The maximum absolute atomic E-state index is 12.6. The molecule has 0 unspecified atom stereocenters. The van der Waals surface area contributed by atoms with E-state index in [4.69, 9.17) is 15.0 Å². The highest BCUT2D eigenvalue weighted by atomic mass is 16.5. The minimum absolute atomic E-state index is 0.0825. The van der Waals surface area contributed by atoms with Gasteiger partial charge in [0.1, 0.15) is 6.04 Å². The number of nitrogens with zero attached hydrogens (tertiary/aromatic N) is 4. The molecule has 2 aromatic rings. The largest absolute Gasteiger partial charge is 0.382 e. The van der Waals surface area contributed by atoms with Crippen molar-refractivity contribution in [1.82, 2.24) is 25.4 Å². The highest BCUT2D eigenvalue weighted by molar-refractivity contribution is 5.96. The molecule has 0 radical (unpaired) electrons. The lowest BCUT2D eigenvalue weighted by Gasteiger charge is -2.28. The molecule has 3 N–H and O–H groups in total. The average Bonchev–Trinajstić information content (AvgIpc) is 3.11. The van der Waals surface area contributed by atoms with Gasteiger partial charge in [0.2, 0.25) is 5.89 Å². The molecule has 0 aromatic carbocycles. The zero-order chi connectivity index (χ0) is 17.8.